The fourth-order valence-corrected chi connectivity index (χ4v) is 2.11. The molecular formula is C11H13NS. The smallest absolute Gasteiger partial charge is 0.100 e. The molecule has 0 radical (unpaired) electrons. The highest BCUT2D eigenvalue weighted by molar-refractivity contribution is 7.99. The number of hydrogen-bond acceptors (Lipinski definition) is 2. The van der Waals surface area contributed by atoms with Crippen LogP contribution in [0.3, 0.4) is 0 Å². The van der Waals surface area contributed by atoms with Crippen molar-refractivity contribution < 1.29 is 0 Å². The van der Waals surface area contributed by atoms with Gasteiger partial charge in [-0.25, -0.2) is 0 Å². The molecule has 2 heteroatoms. The first-order chi connectivity index (χ1) is 6.38. The summed E-state index contributed by atoms with van der Waals surface area (Å²) in [5.41, 5.74) is 0.795. The molecule has 0 spiro atoms. The first-order valence-corrected chi connectivity index (χ1v) is 5.49. The second-order valence-corrected chi connectivity index (χ2v) is 3.95. The third-order valence-corrected chi connectivity index (χ3v) is 2.92. The van der Waals surface area contributed by atoms with Crippen LogP contribution in [0.2, 0.25) is 0 Å². The van der Waals surface area contributed by atoms with Crippen LogP contribution in [-0.4, -0.2) is 5.75 Å². The predicted molar refractivity (Wildman–Crippen MR) is 56.8 cm³/mol. The number of unbranched alkanes of at least 4 members (excludes halogenated alkanes) is 1. The zero-order chi connectivity index (χ0) is 9.52. The molecule has 0 aliphatic rings. The van der Waals surface area contributed by atoms with Crippen molar-refractivity contribution in [1.29, 1.82) is 5.26 Å². The number of hydrogen-bond donors (Lipinski definition) is 0. The molecule has 68 valence electrons. The Labute approximate surface area is 83.8 Å². The summed E-state index contributed by atoms with van der Waals surface area (Å²) in [6.07, 6.45) is 2.42. The molecule has 1 nitrogen and oxygen atoms in total. The maximum absolute atomic E-state index is 8.81. The number of benzene rings is 1. The van der Waals surface area contributed by atoms with E-state index in [4.69, 9.17) is 5.26 Å². The fourth-order valence-electron chi connectivity index (χ4n) is 1.01. The molecule has 0 bridgehead atoms. The average Bonchev–Trinajstić information content (AvgIpc) is 2.19. The van der Waals surface area contributed by atoms with Gasteiger partial charge in [0.05, 0.1) is 5.56 Å². The molecule has 0 amide bonds. The van der Waals surface area contributed by atoms with Crippen molar-refractivity contribution in [2.45, 2.75) is 24.7 Å². The molecule has 13 heavy (non-hydrogen) atoms. The van der Waals surface area contributed by atoms with Crippen molar-refractivity contribution in [3.63, 3.8) is 0 Å². The number of thioether (sulfide) groups is 1. The highest BCUT2D eigenvalue weighted by Crippen LogP contribution is 2.22. The Kier molecular flexibility index (Phi) is 4.42. The Hall–Kier alpha value is -0.940. The van der Waals surface area contributed by atoms with Gasteiger partial charge in [0, 0.05) is 4.90 Å². The molecule has 0 aliphatic heterocycles. The molecule has 0 aromatic heterocycles. The summed E-state index contributed by atoms with van der Waals surface area (Å²) in [6.45, 7) is 2.18. The van der Waals surface area contributed by atoms with Crippen LogP contribution < -0.4 is 0 Å². The third-order valence-electron chi connectivity index (χ3n) is 1.76. The van der Waals surface area contributed by atoms with Gasteiger partial charge in [0.15, 0.2) is 0 Å². The second-order valence-electron chi connectivity index (χ2n) is 2.81. The monoisotopic (exact) mass is 191 g/mol. The van der Waals surface area contributed by atoms with Crippen molar-refractivity contribution in [3.8, 4) is 6.07 Å². The number of rotatable bonds is 4. The minimum atomic E-state index is 0.795. The van der Waals surface area contributed by atoms with E-state index in [1.54, 1.807) is 11.8 Å². The Morgan fingerprint density at radius 2 is 2.15 bits per heavy atom. The molecule has 0 N–H and O–H groups in total. The third kappa shape index (κ3) is 3.12. The van der Waals surface area contributed by atoms with Crippen LogP contribution in [0.4, 0.5) is 0 Å². The SMILES string of the molecule is CCCCSc1ccccc1C#N. The first-order valence-electron chi connectivity index (χ1n) is 4.50. The van der Waals surface area contributed by atoms with Gasteiger partial charge in [-0.2, -0.15) is 5.26 Å². The Morgan fingerprint density at radius 1 is 1.38 bits per heavy atom. The van der Waals surface area contributed by atoms with Crippen LogP contribution >= 0.6 is 11.8 Å². The van der Waals surface area contributed by atoms with Crippen molar-refractivity contribution in [3.05, 3.63) is 29.8 Å². The highest BCUT2D eigenvalue weighted by atomic mass is 32.2. The molecule has 0 saturated carbocycles. The number of nitrogens with zero attached hydrogens (tertiary/aromatic N) is 1. The van der Waals surface area contributed by atoms with Gasteiger partial charge >= 0.3 is 0 Å². The normalized spacial score (nSPS) is 9.54. The summed E-state index contributed by atoms with van der Waals surface area (Å²) in [5.74, 6) is 1.11. The topological polar surface area (TPSA) is 23.8 Å². The van der Waals surface area contributed by atoms with Gasteiger partial charge in [0.25, 0.3) is 0 Å². The summed E-state index contributed by atoms with van der Waals surface area (Å²) in [4.78, 5) is 1.11. The standard InChI is InChI=1S/C11H13NS/c1-2-3-8-13-11-7-5-4-6-10(11)9-12/h4-7H,2-3,8H2,1H3. The van der Waals surface area contributed by atoms with Crippen molar-refractivity contribution in [2.75, 3.05) is 5.75 Å². The average molecular weight is 191 g/mol. The summed E-state index contributed by atoms with van der Waals surface area (Å²) < 4.78 is 0. The summed E-state index contributed by atoms with van der Waals surface area (Å²) in [6, 6.07) is 9.97. The van der Waals surface area contributed by atoms with E-state index < -0.39 is 0 Å². The number of nitriles is 1. The molecule has 1 aromatic rings. The minimum absolute atomic E-state index is 0.795. The van der Waals surface area contributed by atoms with Crippen molar-refractivity contribution >= 4 is 11.8 Å². The highest BCUT2D eigenvalue weighted by Gasteiger charge is 1.99. The lowest BCUT2D eigenvalue weighted by molar-refractivity contribution is 0.896. The van der Waals surface area contributed by atoms with Crippen LogP contribution in [0.5, 0.6) is 0 Å². The van der Waals surface area contributed by atoms with Gasteiger partial charge < -0.3 is 0 Å². The Bertz CT molecular complexity index is 301. The minimum Gasteiger partial charge on any atom is -0.192 e. The van der Waals surface area contributed by atoms with Crippen LogP contribution in [0.15, 0.2) is 29.2 Å². The Balaban J connectivity index is 2.60. The van der Waals surface area contributed by atoms with Gasteiger partial charge in [-0.1, -0.05) is 25.5 Å². The fraction of sp³-hybridized carbons (Fsp3) is 0.364. The van der Waals surface area contributed by atoms with E-state index in [0.29, 0.717) is 0 Å². The zero-order valence-corrected chi connectivity index (χ0v) is 8.60. The Morgan fingerprint density at radius 3 is 2.85 bits per heavy atom. The van der Waals surface area contributed by atoms with Crippen molar-refractivity contribution in [1.82, 2.24) is 0 Å². The zero-order valence-electron chi connectivity index (χ0n) is 7.79. The van der Waals surface area contributed by atoms with Gasteiger partial charge in [-0.3, -0.25) is 0 Å². The molecule has 0 saturated heterocycles. The largest absolute Gasteiger partial charge is 0.192 e. The molecule has 1 rings (SSSR count). The predicted octanol–water partition coefficient (Wildman–Crippen LogP) is 3.45. The molecular weight excluding hydrogens is 178 g/mol. The molecule has 0 atom stereocenters. The van der Waals surface area contributed by atoms with E-state index in [9.17, 15) is 0 Å². The first kappa shape index (κ1) is 10.1. The molecule has 0 fully saturated rings. The second kappa shape index (κ2) is 5.66. The van der Waals surface area contributed by atoms with E-state index >= 15 is 0 Å². The lowest BCUT2D eigenvalue weighted by Crippen LogP contribution is -1.82. The lowest BCUT2D eigenvalue weighted by Gasteiger charge is -2.01. The van der Waals surface area contributed by atoms with Gasteiger partial charge in [-0.15, -0.1) is 11.8 Å². The van der Waals surface area contributed by atoms with Gasteiger partial charge in [0.2, 0.25) is 0 Å². The van der Waals surface area contributed by atoms with Gasteiger partial charge in [-0.05, 0) is 24.3 Å². The summed E-state index contributed by atoms with van der Waals surface area (Å²) in [5, 5.41) is 8.81. The molecule has 0 heterocycles. The van der Waals surface area contributed by atoms with E-state index in [-0.39, 0.29) is 0 Å². The van der Waals surface area contributed by atoms with Crippen molar-refractivity contribution in [2.24, 2.45) is 0 Å². The maximum Gasteiger partial charge on any atom is 0.100 e. The molecule has 1 aromatic carbocycles. The quantitative estimate of drug-likeness (QED) is 0.537. The van der Waals surface area contributed by atoms with Crippen LogP contribution in [0.1, 0.15) is 25.3 Å². The van der Waals surface area contributed by atoms with Crippen LogP contribution in [-0.2, 0) is 0 Å². The summed E-state index contributed by atoms with van der Waals surface area (Å²) in [7, 11) is 0. The summed E-state index contributed by atoms with van der Waals surface area (Å²) >= 11 is 1.77. The van der Waals surface area contributed by atoms with E-state index in [1.165, 1.54) is 12.8 Å². The van der Waals surface area contributed by atoms with E-state index in [2.05, 4.69) is 13.0 Å². The van der Waals surface area contributed by atoms with E-state index in [1.807, 2.05) is 24.3 Å². The van der Waals surface area contributed by atoms with Gasteiger partial charge in [0.1, 0.15) is 6.07 Å². The molecule has 0 aliphatic carbocycles. The lowest BCUT2D eigenvalue weighted by atomic mass is 10.2. The van der Waals surface area contributed by atoms with Crippen LogP contribution in [0, 0.1) is 11.3 Å². The maximum atomic E-state index is 8.81. The van der Waals surface area contributed by atoms with Crippen LogP contribution in [0.25, 0.3) is 0 Å². The van der Waals surface area contributed by atoms with E-state index in [0.717, 1.165) is 16.2 Å². The molecule has 0 unspecified atom stereocenters.